The van der Waals surface area contributed by atoms with E-state index in [1.807, 2.05) is 48.7 Å². The molecular formula is C33H39N9O3. The predicted octanol–water partition coefficient (Wildman–Crippen LogP) is 3.20. The molecule has 0 bridgehead atoms. The number of nitrogens with one attached hydrogen (secondary N) is 3. The number of H-pyrrole nitrogens is 1. The van der Waals surface area contributed by atoms with E-state index in [9.17, 15) is 9.59 Å². The van der Waals surface area contributed by atoms with Crippen molar-refractivity contribution in [1.29, 1.82) is 0 Å². The summed E-state index contributed by atoms with van der Waals surface area (Å²) in [4.78, 5) is 33.8. The minimum Gasteiger partial charge on any atom is -0.378 e. The Balaban J connectivity index is 1.14. The fraction of sp³-hybridized carbons (Fsp3) is 0.394. The van der Waals surface area contributed by atoms with Gasteiger partial charge in [-0.05, 0) is 90.9 Å². The molecule has 234 valence electrons. The zero-order chi connectivity index (χ0) is 31.0. The van der Waals surface area contributed by atoms with Gasteiger partial charge in [0.25, 0.3) is 0 Å². The molecule has 5 N–H and O–H groups in total. The van der Waals surface area contributed by atoms with Crippen LogP contribution < -0.4 is 21.3 Å². The van der Waals surface area contributed by atoms with Crippen molar-refractivity contribution in [2.45, 2.75) is 38.1 Å². The average Bonchev–Trinajstić information content (AvgIpc) is 3.64. The first kappa shape index (κ1) is 30.4. The molecule has 0 spiro atoms. The molecule has 2 aliphatic rings. The van der Waals surface area contributed by atoms with Crippen LogP contribution in [0.4, 0.5) is 11.5 Å². The first-order valence-corrected chi connectivity index (χ1v) is 15.6. The van der Waals surface area contributed by atoms with Crippen molar-refractivity contribution >= 4 is 23.3 Å². The van der Waals surface area contributed by atoms with Crippen molar-refractivity contribution in [2.75, 3.05) is 43.1 Å². The lowest BCUT2D eigenvalue weighted by atomic mass is 9.81. The Labute approximate surface area is 262 Å². The second kappa shape index (κ2) is 14.4. The minimum atomic E-state index is -0.748. The summed E-state index contributed by atoms with van der Waals surface area (Å²) >= 11 is 0. The Morgan fingerprint density at radius 1 is 0.933 bits per heavy atom. The van der Waals surface area contributed by atoms with Crippen LogP contribution in [0, 0.1) is 11.8 Å². The van der Waals surface area contributed by atoms with Crippen molar-refractivity contribution in [1.82, 2.24) is 30.9 Å². The minimum absolute atomic E-state index is 0.0823. The number of rotatable bonds is 10. The third kappa shape index (κ3) is 7.70. The van der Waals surface area contributed by atoms with Gasteiger partial charge in [-0.3, -0.25) is 9.59 Å². The number of carbonyl (C=O) groups excluding carboxylic acids is 2. The Kier molecular flexibility index (Phi) is 9.71. The van der Waals surface area contributed by atoms with Crippen molar-refractivity contribution in [3.8, 4) is 22.5 Å². The van der Waals surface area contributed by atoms with Crippen LogP contribution in [0.15, 0.2) is 66.9 Å². The number of amides is 2. The van der Waals surface area contributed by atoms with E-state index in [1.165, 1.54) is 0 Å². The van der Waals surface area contributed by atoms with Gasteiger partial charge >= 0.3 is 0 Å². The Morgan fingerprint density at radius 3 is 2.29 bits per heavy atom. The molecule has 1 saturated heterocycles. The van der Waals surface area contributed by atoms with Gasteiger partial charge < -0.3 is 26.0 Å². The van der Waals surface area contributed by atoms with Crippen molar-refractivity contribution < 1.29 is 14.3 Å². The number of hydrogen-bond acceptors (Lipinski definition) is 9. The summed E-state index contributed by atoms with van der Waals surface area (Å²) < 4.78 is 5.45. The van der Waals surface area contributed by atoms with Crippen LogP contribution in [-0.4, -0.2) is 76.3 Å². The first-order chi connectivity index (χ1) is 22.1. The Hall–Kier alpha value is -4.68. The van der Waals surface area contributed by atoms with E-state index in [0.717, 1.165) is 66.8 Å². The summed E-state index contributed by atoms with van der Waals surface area (Å²) in [5, 5.41) is 20.0. The van der Waals surface area contributed by atoms with Gasteiger partial charge in [-0.15, -0.1) is 10.2 Å². The van der Waals surface area contributed by atoms with E-state index in [2.05, 4.69) is 47.2 Å². The average molecular weight is 610 g/mol. The van der Waals surface area contributed by atoms with Crippen LogP contribution in [0.5, 0.6) is 0 Å². The molecule has 4 aromatic rings. The lowest BCUT2D eigenvalue weighted by Crippen LogP contribution is -2.48. The number of hydrogen-bond donors (Lipinski definition) is 4. The maximum absolute atomic E-state index is 13.6. The van der Waals surface area contributed by atoms with Gasteiger partial charge in [0.05, 0.1) is 13.2 Å². The molecule has 1 aliphatic heterocycles. The van der Waals surface area contributed by atoms with E-state index >= 15 is 0 Å². The molecule has 1 atom stereocenters. The largest absolute Gasteiger partial charge is 0.378 e. The first-order valence-electron chi connectivity index (χ1n) is 15.6. The summed E-state index contributed by atoms with van der Waals surface area (Å²) in [6.07, 6.45) is 5.67. The van der Waals surface area contributed by atoms with Crippen molar-refractivity contribution in [2.24, 2.45) is 17.6 Å². The number of tetrazole rings is 1. The third-order valence-electron chi connectivity index (χ3n) is 8.75. The number of aromatic amines is 1. The standard InChI is InChI=1S/C33H39N9O3/c34-20-23-3-7-26(8-4-23)32(43)37-29(33(44)36-28-12-9-25(10-13-28)31-38-40-41-39-31)19-22-1-5-24(6-2-22)27-11-14-30(35-21-27)42-15-17-45-18-16-42/h1-2,5-6,9-14,21,23,26,29H,3-4,7-8,15-20,34H2,(H,36,44)(H,37,43)(H,38,39,40,41)/t23-,26-,29-/m0/s1. The van der Waals surface area contributed by atoms with Crippen LogP contribution in [0.2, 0.25) is 0 Å². The molecule has 1 saturated carbocycles. The molecule has 2 amide bonds. The molecule has 3 heterocycles. The zero-order valence-corrected chi connectivity index (χ0v) is 25.2. The van der Waals surface area contributed by atoms with E-state index in [4.69, 9.17) is 10.5 Å². The topological polar surface area (TPSA) is 164 Å². The van der Waals surface area contributed by atoms with E-state index in [1.54, 1.807) is 12.1 Å². The molecule has 2 fully saturated rings. The highest BCUT2D eigenvalue weighted by Crippen LogP contribution is 2.29. The Morgan fingerprint density at radius 2 is 1.64 bits per heavy atom. The lowest BCUT2D eigenvalue weighted by molar-refractivity contribution is -0.130. The van der Waals surface area contributed by atoms with Gasteiger partial charge in [-0.1, -0.05) is 24.3 Å². The number of benzene rings is 2. The highest BCUT2D eigenvalue weighted by atomic mass is 16.5. The quantitative estimate of drug-likeness (QED) is 0.211. The smallest absolute Gasteiger partial charge is 0.247 e. The molecule has 2 aromatic carbocycles. The number of aromatic nitrogens is 5. The van der Waals surface area contributed by atoms with Crippen LogP contribution in [-0.2, 0) is 20.7 Å². The Bertz CT molecular complexity index is 1530. The summed E-state index contributed by atoms with van der Waals surface area (Å²) in [5.74, 6) is 1.40. The van der Waals surface area contributed by atoms with E-state index in [-0.39, 0.29) is 17.7 Å². The van der Waals surface area contributed by atoms with E-state index < -0.39 is 6.04 Å². The fourth-order valence-corrected chi connectivity index (χ4v) is 5.98. The monoisotopic (exact) mass is 609 g/mol. The summed E-state index contributed by atoms with van der Waals surface area (Å²) in [5.41, 5.74) is 10.2. The number of anilines is 2. The molecular weight excluding hydrogens is 570 g/mol. The summed E-state index contributed by atoms with van der Waals surface area (Å²) in [6.45, 7) is 3.76. The van der Waals surface area contributed by atoms with E-state index in [0.29, 0.717) is 43.6 Å². The maximum Gasteiger partial charge on any atom is 0.247 e. The van der Waals surface area contributed by atoms with Crippen molar-refractivity contribution in [3.63, 3.8) is 0 Å². The van der Waals surface area contributed by atoms with Crippen LogP contribution in [0.3, 0.4) is 0 Å². The number of nitrogens with two attached hydrogens (primary N) is 1. The van der Waals surface area contributed by atoms with Gasteiger partial charge in [-0.25, -0.2) is 4.98 Å². The van der Waals surface area contributed by atoms with Gasteiger partial charge in [0.15, 0.2) is 0 Å². The van der Waals surface area contributed by atoms with Crippen LogP contribution >= 0.6 is 0 Å². The zero-order valence-electron chi connectivity index (χ0n) is 25.2. The molecule has 1 aliphatic carbocycles. The molecule has 0 unspecified atom stereocenters. The van der Waals surface area contributed by atoms with Gasteiger partial charge in [-0.2, -0.15) is 5.21 Å². The predicted molar refractivity (Wildman–Crippen MR) is 171 cm³/mol. The maximum atomic E-state index is 13.6. The number of ether oxygens (including phenoxy) is 1. The molecule has 45 heavy (non-hydrogen) atoms. The number of nitrogens with zero attached hydrogens (tertiary/aromatic N) is 5. The lowest BCUT2D eigenvalue weighted by Gasteiger charge is -2.28. The number of carbonyl (C=O) groups is 2. The summed E-state index contributed by atoms with van der Waals surface area (Å²) in [6, 6.07) is 18.6. The normalized spacial score (nSPS) is 19.1. The van der Waals surface area contributed by atoms with Gasteiger partial charge in [0, 0.05) is 48.4 Å². The highest BCUT2D eigenvalue weighted by molar-refractivity contribution is 5.97. The number of morpholine rings is 1. The highest BCUT2D eigenvalue weighted by Gasteiger charge is 2.29. The SMILES string of the molecule is NC[C@H]1CC[C@H](C(=O)N[C@@H](Cc2ccc(-c3ccc(N4CCOCC4)nc3)cc2)C(=O)Nc2ccc(-c3nn[nH]n3)cc2)CC1. The molecule has 2 aromatic heterocycles. The van der Waals surface area contributed by atoms with Gasteiger partial charge in [0.2, 0.25) is 17.6 Å². The fourth-order valence-electron chi connectivity index (χ4n) is 5.98. The second-order valence-electron chi connectivity index (χ2n) is 11.7. The second-order valence-corrected chi connectivity index (χ2v) is 11.7. The van der Waals surface area contributed by atoms with Crippen molar-refractivity contribution in [3.05, 3.63) is 72.4 Å². The number of pyridine rings is 1. The van der Waals surface area contributed by atoms with Gasteiger partial charge in [0.1, 0.15) is 11.9 Å². The third-order valence-corrected chi connectivity index (χ3v) is 8.75. The molecule has 6 rings (SSSR count). The summed E-state index contributed by atoms with van der Waals surface area (Å²) in [7, 11) is 0. The van der Waals surface area contributed by atoms with Crippen LogP contribution in [0.1, 0.15) is 31.2 Å². The molecule has 12 nitrogen and oxygen atoms in total. The van der Waals surface area contributed by atoms with Crippen LogP contribution in [0.25, 0.3) is 22.5 Å². The molecule has 0 radical (unpaired) electrons. The molecule has 12 heteroatoms.